The highest BCUT2D eigenvalue weighted by Gasteiger charge is 2.41. The molecule has 0 bridgehead atoms. The molecular formula is C45H78N6O15. The monoisotopic (exact) mass is 943 g/mol. The number of esters is 3. The Morgan fingerprint density at radius 1 is 0.409 bits per heavy atom. The molecule has 21 heteroatoms. The number of carbonyl (C=O) groups is 9. The van der Waals surface area contributed by atoms with E-state index in [0.717, 1.165) is 0 Å². The molecule has 0 radical (unpaired) electrons. The number of ether oxygens (including phenoxy) is 6. The highest BCUT2D eigenvalue weighted by Crippen LogP contribution is 2.35. The molecular weight excluding hydrogens is 865 g/mol. The van der Waals surface area contributed by atoms with Crippen molar-refractivity contribution in [1.82, 2.24) is 31.9 Å². The van der Waals surface area contributed by atoms with E-state index in [4.69, 9.17) is 28.4 Å². The first-order chi connectivity index (χ1) is 30.7. The summed E-state index contributed by atoms with van der Waals surface area (Å²) in [5.74, 6) is -6.91. The van der Waals surface area contributed by atoms with Crippen LogP contribution >= 0.6 is 0 Å². The standard InChI is InChI=1S/C45H78N6O15/c1-43(2,3)64-40(58)46-22-16-13-19-31(37(55)61-10)49-34(52)28-25-29(35(53)50-32(38(56)62-11)20-14-17-23-47-41(59)65-44(4,5)6)27-30(26-28)36(54)51-33(39(57)63-12)21-15-18-24-48-42(60)66-45(7,8)9/h28-33H,13-27H2,1-12H3,(H,46,58)(H,47,59)(H,48,60)(H,49,52)(H,50,53)(H,51,54)/t28?,29?,30?,31-,32-,33-/m0/s1. The van der Waals surface area contributed by atoms with E-state index in [0.29, 0.717) is 38.5 Å². The maximum absolute atomic E-state index is 14.0. The summed E-state index contributed by atoms with van der Waals surface area (Å²) in [6.45, 7) is 16.4. The maximum Gasteiger partial charge on any atom is 0.407 e. The molecule has 0 spiro atoms. The molecule has 6 N–H and O–H groups in total. The van der Waals surface area contributed by atoms with Crippen LogP contribution in [-0.2, 0) is 57.2 Å². The highest BCUT2D eigenvalue weighted by atomic mass is 16.6. The largest absolute Gasteiger partial charge is 0.467 e. The lowest BCUT2D eigenvalue weighted by Crippen LogP contribution is -2.51. The summed E-state index contributed by atoms with van der Waals surface area (Å²) >= 11 is 0. The fraction of sp³-hybridized carbons (Fsp3) is 0.800. The van der Waals surface area contributed by atoms with Gasteiger partial charge in [0.2, 0.25) is 17.7 Å². The average molecular weight is 943 g/mol. The van der Waals surface area contributed by atoms with Gasteiger partial charge in [-0.1, -0.05) is 0 Å². The lowest BCUT2D eigenvalue weighted by atomic mass is 9.73. The average Bonchev–Trinajstić information content (AvgIpc) is 3.21. The van der Waals surface area contributed by atoms with Gasteiger partial charge in [-0.3, -0.25) is 14.4 Å². The summed E-state index contributed by atoms with van der Waals surface area (Å²) in [5.41, 5.74) is -2.04. The van der Waals surface area contributed by atoms with Crippen molar-refractivity contribution in [2.75, 3.05) is 41.0 Å². The third-order valence-corrected chi connectivity index (χ3v) is 9.99. The topological polar surface area (TPSA) is 281 Å². The molecule has 3 atom stereocenters. The van der Waals surface area contributed by atoms with Crippen LogP contribution in [0.4, 0.5) is 14.4 Å². The Labute approximate surface area is 389 Å². The zero-order valence-electron chi connectivity index (χ0n) is 41.2. The fourth-order valence-corrected chi connectivity index (χ4v) is 6.94. The van der Waals surface area contributed by atoms with Gasteiger partial charge in [-0.2, -0.15) is 0 Å². The number of carbonyl (C=O) groups excluding carboxylic acids is 9. The Balaban J connectivity index is 3.23. The van der Waals surface area contributed by atoms with Crippen molar-refractivity contribution in [1.29, 1.82) is 0 Å². The van der Waals surface area contributed by atoms with Crippen LogP contribution in [-0.4, -0.2) is 130 Å². The lowest BCUT2D eigenvalue weighted by molar-refractivity contribution is -0.148. The van der Waals surface area contributed by atoms with Crippen LogP contribution in [0.2, 0.25) is 0 Å². The van der Waals surface area contributed by atoms with Crippen LogP contribution in [0.5, 0.6) is 0 Å². The van der Waals surface area contributed by atoms with Crippen LogP contribution in [0.1, 0.15) is 139 Å². The highest BCUT2D eigenvalue weighted by molar-refractivity contribution is 5.91. The molecule has 0 heterocycles. The van der Waals surface area contributed by atoms with Crippen molar-refractivity contribution in [3.8, 4) is 0 Å². The van der Waals surface area contributed by atoms with Crippen molar-refractivity contribution in [3.63, 3.8) is 0 Å². The summed E-state index contributed by atoms with van der Waals surface area (Å²) in [6, 6.07) is -3.27. The molecule has 0 saturated heterocycles. The molecule has 0 aromatic heterocycles. The van der Waals surface area contributed by atoms with E-state index in [-0.39, 0.29) is 58.2 Å². The predicted octanol–water partition coefficient (Wildman–Crippen LogP) is 4.08. The first-order valence-electron chi connectivity index (χ1n) is 22.7. The Morgan fingerprint density at radius 2 is 0.636 bits per heavy atom. The number of nitrogens with one attached hydrogen (secondary N) is 6. The minimum atomic E-state index is -1.09. The zero-order valence-corrected chi connectivity index (χ0v) is 41.2. The van der Waals surface area contributed by atoms with E-state index in [2.05, 4.69) is 31.9 Å². The van der Waals surface area contributed by atoms with Gasteiger partial charge in [0, 0.05) is 37.4 Å². The lowest BCUT2D eigenvalue weighted by Gasteiger charge is -2.34. The van der Waals surface area contributed by atoms with Gasteiger partial charge in [0.1, 0.15) is 34.9 Å². The molecule has 1 fully saturated rings. The normalized spacial score (nSPS) is 17.5. The molecule has 21 nitrogen and oxygen atoms in total. The van der Waals surface area contributed by atoms with E-state index in [9.17, 15) is 43.2 Å². The summed E-state index contributed by atoms with van der Waals surface area (Å²) in [5, 5.41) is 16.1. The van der Waals surface area contributed by atoms with Crippen LogP contribution in [0, 0.1) is 17.8 Å². The molecule has 1 saturated carbocycles. The second-order valence-electron chi connectivity index (χ2n) is 19.3. The summed E-state index contributed by atoms with van der Waals surface area (Å²) in [4.78, 5) is 117. The van der Waals surface area contributed by atoms with Crippen molar-refractivity contribution >= 4 is 53.9 Å². The number of rotatable bonds is 24. The molecule has 0 aliphatic heterocycles. The number of unbranched alkanes of at least 4 members (excludes halogenated alkanes) is 3. The SMILES string of the molecule is COC(=O)[C@H](CCCCNC(=O)OC(C)(C)C)NC(=O)C1CC(C(=O)N[C@@H](CCCCNC(=O)OC(C)(C)C)C(=O)OC)CC(C(=O)N[C@@H](CCCCNC(=O)OC(C)(C)C)C(=O)OC)C1. The molecule has 1 rings (SSSR count). The molecule has 66 heavy (non-hydrogen) atoms. The van der Waals surface area contributed by atoms with Crippen LogP contribution in [0.15, 0.2) is 0 Å². The Kier molecular flexibility index (Phi) is 25.4. The van der Waals surface area contributed by atoms with Crippen molar-refractivity contribution in [2.24, 2.45) is 17.8 Å². The van der Waals surface area contributed by atoms with Crippen LogP contribution in [0.25, 0.3) is 0 Å². The quantitative estimate of drug-likeness (QED) is 0.0452. The van der Waals surface area contributed by atoms with Gasteiger partial charge in [0.15, 0.2) is 0 Å². The predicted molar refractivity (Wildman–Crippen MR) is 240 cm³/mol. The maximum atomic E-state index is 14.0. The van der Waals surface area contributed by atoms with Crippen molar-refractivity contribution in [3.05, 3.63) is 0 Å². The minimum Gasteiger partial charge on any atom is -0.467 e. The van der Waals surface area contributed by atoms with Gasteiger partial charge < -0.3 is 60.3 Å². The van der Waals surface area contributed by atoms with Gasteiger partial charge in [-0.05, 0) is 139 Å². The molecule has 0 aromatic carbocycles. The first kappa shape index (κ1) is 58.6. The molecule has 1 aliphatic rings. The van der Waals surface area contributed by atoms with Gasteiger partial charge in [0.25, 0.3) is 0 Å². The minimum absolute atomic E-state index is 0.0477. The second-order valence-corrected chi connectivity index (χ2v) is 19.3. The van der Waals surface area contributed by atoms with Gasteiger partial charge in [-0.15, -0.1) is 0 Å². The number of alkyl carbamates (subject to hydrolysis) is 3. The zero-order chi connectivity index (χ0) is 50.3. The molecule has 0 unspecified atom stereocenters. The Hall–Kier alpha value is -5.37. The molecule has 378 valence electrons. The van der Waals surface area contributed by atoms with E-state index in [1.807, 2.05) is 0 Å². The number of methoxy groups -OCH3 is 3. The van der Waals surface area contributed by atoms with Crippen LogP contribution < -0.4 is 31.9 Å². The molecule has 6 amide bonds. The fourth-order valence-electron chi connectivity index (χ4n) is 6.94. The van der Waals surface area contributed by atoms with Crippen molar-refractivity contribution < 1.29 is 71.6 Å². The van der Waals surface area contributed by atoms with Crippen LogP contribution in [0.3, 0.4) is 0 Å². The second kappa shape index (κ2) is 28.6. The van der Waals surface area contributed by atoms with E-state index in [1.165, 1.54) is 21.3 Å². The third-order valence-electron chi connectivity index (χ3n) is 9.99. The van der Waals surface area contributed by atoms with Gasteiger partial charge in [-0.25, -0.2) is 28.8 Å². The first-order valence-corrected chi connectivity index (χ1v) is 22.7. The smallest absolute Gasteiger partial charge is 0.407 e. The summed E-state index contributed by atoms with van der Waals surface area (Å²) in [7, 11) is 3.53. The molecule has 1 aliphatic carbocycles. The number of hydrogen-bond donors (Lipinski definition) is 6. The van der Waals surface area contributed by atoms with E-state index < -0.39 is 107 Å². The Morgan fingerprint density at radius 3 is 0.833 bits per heavy atom. The van der Waals surface area contributed by atoms with E-state index >= 15 is 0 Å². The van der Waals surface area contributed by atoms with Crippen molar-refractivity contribution in [2.45, 2.75) is 174 Å². The van der Waals surface area contributed by atoms with Gasteiger partial charge >= 0.3 is 36.2 Å². The molecule has 0 aromatic rings. The van der Waals surface area contributed by atoms with Gasteiger partial charge in [0.05, 0.1) is 21.3 Å². The van der Waals surface area contributed by atoms with E-state index in [1.54, 1.807) is 62.3 Å². The Bertz CT molecular complexity index is 1430. The summed E-state index contributed by atoms with van der Waals surface area (Å²) < 4.78 is 30.6. The third kappa shape index (κ3) is 25.4. The number of amides is 6. The number of hydrogen-bond acceptors (Lipinski definition) is 15. The summed E-state index contributed by atoms with van der Waals surface area (Å²) in [6.07, 6.45) is 1.06.